The van der Waals surface area contributed by atoms with Crippen LogP contribution in [0.2, 0.25) is 0 Å². The summed E-state index contributed by atoms with van der Waals surface area (Å²) in [5, 5.41) is 0. The Morgan fingerprint density at radius 1 is 1.16 bits per heavy atom. The third-order valence-corrected chi connectivity index (χ3v) is 2.68. The maximum Gasteiger partial charge on any atom is 0.323 e. The van der Waals surface area contributed by atoms with Gasteiger partial charge in [0.15, 0.2) is 0 Å². The molecule has 0 aliphatic carbocycles. The SMILES string of the molecule is NC(Cc1ccccn1)C(=O)OCc1ccccc1. The Labute approximate surface area is 112 Å². The smallest absolute Gasteiger partial charge is 0.323 e. The number of carbonyl (C=O) groups excluding carboxylic acids is 1. The van der Waals surface area contributed by atoms with E-state index in [0.29, 0.717) is 6.42 Å². The molecule has 0 aliphatic rings. The summed E-state index contributed by atoms with van der Waals surface area (Å²) < 4.78 is 5.17. The molecule has 4 heteroatoms. The Balaban J connectivity index is 1.83. The van der Waals surface area contributed by atoms with Gasteiger partial charge in [-0.05, 0) is 17.7 Å². The molecule has 1 atom stereocenters. The first-order valence-corrected chi connectivity index (χ1v) is 6.12. The highest BCUT2D eigenvalue weighted by atomic mass is 16.5. The van der Waals surface area contributed by atoms with E-state index in [1.54, 1.807) is 6.20 Å². The lowest BCUT2D eigenvalue weighted by atomic mass is 10.1. The summed E-state index contributed by atoms with van der Waals surface area (Å²) in [7, 11) is 0. The van der Waals surface area contributed by atoms with Gasteiger partial charge in [0.1, 0.15) is 12.6 Å². The molecule has 1 aromatic carbocycles. The molecule has 2 rings (SSSR count). The number of nitrogens with zero attached hydrogens (tertiary/aromatic N) is 1. The number of benzene rings is 1. The minimum Gasteiger partial charge on any atom is -0.460 e. The molecule has 0 saturated heterocycles. The maximum atomic E-state index is 11.7. The van der Waals surface area contributed by atoms with Crippen molar-refractivity contribution in [2.75, 3.05) is 0 Å². The van der Waals surface area contributed by atoms with E-state index in [1.807, 2.05) is 48.5 Å². The number of esters is 1. The van der Waals surface area contributed by atoms with Gasteiger partial charge >= 0.3 is 5.97 Å². The molecule has 2 N–H and O–H groups in total. The summed E-state index contributed by atoms with van der Waals surface area (Å²) >= 11 is 0. The average molecular weight is 256 g/mol. The largest absolute Gasteiger partial charge is 0.460 e. The van der Waals surface area contributed by atoms with Gasteiger partial charge in [-0.25, -0.2) is 0 Å². The van der Waals surface area contributed by atoms with Gasteiger partial charge in [-0.15, -0.1) is 0 Å². The minimum atomic E-state index is -0.682. The number of carbonyl (C=O) groups is 1. The summed E-state index contributed by atoms with van der Waals surface area (Å²) in [6.07, 6.45) is 2.06. The maximum absolute atomic E-state index is 11.7. The number of ether oxygens (including phenoxy) is 1. The first kappa shape index (κ1) is 13.2. The van der Waals surface area contributed by atoms with Gasteiger partial charge in [0.2, 0.25) is 0 Å². The highest BCUT2D eigenvalue weighted by Crippen LogP contribution is 2.04. The highest BCUT2D eigenvalue weighted by Gasteiger charge is 2.16. The van der Waals surface area contributed by atoms with Gasteiger partial charge in [-0.1, -0.05) is 36.4 Å². The van der Waals surface area contributed by atoms with E-state index in [1.165, 1.54) is 0 Å². The summed E-state index contributed by atoms with van der Waals surface area (Å²) in [6.45, 7) is 0.246. The van der Waals surface area contributed by atoms with Crippen molar-refractivity contribution in [3.05, 3.63) is 66.0 Å². The van der Waals surface area contributed by atoms with Crippen molar-refractivity contribution < 1.29 is 9.53 Å². The number of hydrogen-bond acceptors (Lipinski definition) is 4. The van der Waals surface area contributed by atoms with Crippen molar-refractivity contribution in [1.82, 2.24) is 4.98 Å². The van der Waals surface area contributed by atoms with E-state index in [2.05, 4.69) is 4.98 Å². The molecule has 0 fully saturated rings. The van der Waals surface area contributed by atoms with Crippen LogP contribution in [-0.2, 0) is 22.6 Å². The molecule has 2 aromatic rings. The zero-order valence-electron chi connectivity index (χ0n) is 10.5. The van der Waals surface area contributed by atoms with Gasteiger partial charge in [-0.3, -0.25) is 9.78 Å². The third-order valence-electron chi connectivity index (χ3n) is 2.68. The standard InChI is InChI=1S/C15H16N2O2/c16-14(10-13-8-4-5-9-17-13)15(18)19-11-12-6-2-1-3-7-12/h1-9,14H,10-11,16H2. The van der Waals surface area contributed by atoms with Gasteiger partial charge in [0.05, 0.1) is 0 Å². The van der Waals surface area contributed by atoms with Crippen LogP contribution in [0.15, 0.2) is 54.7 Å². The molecule has 4 nitrogen and oxygen atoms in total. The Morgan fingerprint density at radius 3 is 2.58 bits per heavy atom. The Kier molecular flexibility index (Phi) is 4.64. The van der Waals surface area contributed by atoms with Crippen LogP contribution in [0.25, 0.3) is 0 Å². The van der Waals surface area contributed by atoms with Crippen molar-refractivity contribution >= 4 is 5.97 Å². The first-order chi connectivity index (χ1) is 9.25. The van der Waals surface area contributed by atoms with Crippen LogP contribution in [0.4, 0.5) is 0 Å². The van der Waals surface area contributed by atoms with Gasteiger partial charge in [0.25, 0.3) is 0 Å². The Hall–Kier alpha value is -2.20. The number of nitrogens with two attached hydrogens (primary N) is 1. The number of aromatic nitrogens is 1. The van der Waals surface area contributed by atoms with Crippen LogP contribution < -0.4 is 5.73 Å². The molecule has 98 valence electrons. The molecule has 1 aromatic heterocycles. The fourth-order valence-electron chi connectivity index (χ4n) is 1.66. The molecule has 1 heterocycles. The second-order valence-electron chi connectivity index (χ2n) is 4.23. The van der Waals surface area contributed by atoms with E-state index < -0.39 is 12.0 Å². The number of rotatable bonds is 5. The lowest BCUT2D eigenvalue weighted by Crippen LogP contribution is -2.34. The lowest BCUT2D eigenvalue weighted by molar-refractivity contribution is -0.146. The normalized spacial score (nSPS) is 11.8. The fourth-order valence-corrected chi connectivity index (χ4v) is 1.66. The quantitative estimate of drug-likeness (QED) is 0.827. The van der Waals surface area contributed by atoms with Crippen LogP contribution >= 0.6 is 0 Å². The van der Waals surface area contributed by atoms with E-state index in [-0.39, 0.29) is 6.61 Å². The Bertz CT molecular complexity index is 514. The first-order valence-electron chi connectivity index (χ1n) is 6.12. The molecular formula is C15H16N2O2. The Morgan fingerprint density at radius 2 is 1.89 bits per heavy atom. The van der Waals surface area contributed by atoms with Gasteiger partial charge < -0.3 is 10.5 Å². The molecule has 0 bridgehead atoms. The van der Waals surface area contributed by atoms with Crippen molar-refractivity contribution in [1.29, 1.82) is 0 Å². The van der Waals surface area contributed by atoms with Crippen molar-refractivity contribution in [2.45, 2.75) is 19.1 Å². The molecule has 0 radical (unpaired) electrons. The van der Waals surface area contributed by atoms with Crippen molar-refractivity contribution in [2.24, 2.45) is 5.73 Å². The van der Waals surface area contributed by atoms with Crippen LogP contribution in [0.5, 0.6) is 0 Å². The van der Waals surface area contributed by atoms with Crippen LogP contribution in [0, 0.1) is 0 Å². The monoisotopic (exact) mass is 256 g/mol. The minimum absolute atomic E-state index is 0.246. The lowest BCUT2D eigenvalue weighted by Gasteiger charge is -2.11. The van der Waals surface area contributed by atoms with E-state index in [4.69, 9.17) is 10.5 Å². The summed E-state index contributed by atoms with van der Waals surface area (Å²) in [5.41, 5.74) is 7.53. The molecule has 1 unspecified atom stereocenters. The van der Waals surface area contributed by atoms with E-state index in [9.17, 15) is 4.79 Å². The topological polar surface area (TPSA) is 65.2 Å². The number of pyridine rings is 1. The third kappa shape index (κ3) is 4.19. The van der Waals surface area contributed by atoms with Gasteiger partial charge in [0, 0.05) is 18.3 Å². The summed E-state index contributed by atoms with van der Waals surface area (Å²) in [4.78, 5) is 15.9. The van der Waals surface area contributed by atoms with Crippen LogP contribution in [-0.4, -0.2) is 17.0 Å². The second-order valence-corrected chi connectivity index (χ2v) is 4.23. The zero-order valence-corrected chi connectivity index (χ0v) is 10.5. The predicted molar refractivity (Wildman–Crippen MR) is 72.2 cm³/mol. The van der Waals surface area contributed by atoms with Gasteiger partial charge in [-0.2, -0.15) is 0 Å². The van der Waals surface area contributed by atoms with Crippen molar-refractivity contribution in [3.8, 4) is 0 Å². The fraction of sp³-hybridized carbons (Fsp3) is 0.200. The molecule has 0 aliphatic heterocycles. The summed E-state index contributed by atoms with van der Waals surface area (Å²) in [6, 6.07) is 14.4. The second kappa shape index (κ2) is 6.66. The number of hydrogen-bond donors (Lipinski definition) is 1. The molecule has 0 spiro atoms. The zero-order chi connectivity index (χ0) is 13.5. The van der Waals surface area contributed by atoms with E-state index in [0.717, 1.165) is 11.3 Å². The van der Waals surface area contributed by atoms with Crippen LogP contribution in [0.3, 0.4) is 0 Å². The average Bonchev–Trinajstić information content (AvgIpc) is 2.47. The van der Waals surface area contributed by atoms with E-state index >= 15 is 0 Å². The molecule has 19 heavy (non-hydrogen) atoms. The van der Waals surface area contributed by atoms with Crippen LogP contribution in [0.1, 0.15) is 11.3 Å². The highest BCUT2D eigenvalue weighted by molar-refractivity contribution is 5.75. The summed E-state index contributed by atoms with van der Waals surface area (Å²) in [5.74, 6) is -0.408. The predicted octanol–water partition coefficient (Wildman–Crippen LogP) is 1.69. The molecule has 0 amide bonds. The molecule has 0 saturated carbocycles. The molecular weight excluding hydrogens is 240 g/mol. The van der Waals surface area contributed by atoms with Crippen molar-refractivity contribution in [3.63, 3.8) is 0 Å².